The molecule has 1 saturated carbocycles. The lowest BCUT2D eigenvalue weighted by molar-refractivity contribution is -0.119. The Morgan fingerprint density at radius 3 is 2.78 bits per heavy atom. The summed E-state index contributed by atoms with van der Waals surface area (Å²) in [6.45, 7) is 6.35. The Morgan fingerprint density at radius 2 is 2.11 bits per heavy atom. The molecule has 0 bridgehead atoms. The summed E-state index contributed by atoms with van der Waals surface area (Å²) in [7, 11) is 0. The Labute approximate surface area is 158 Å². The zero-order valence-electron chi connectivity index (χ0n) is 16.0. The van der Waals surface area contributed by atoms with Crippen LogP contribution in [0.3, 0.4) is 0 Å². The van der Waals surface area contributed by atoms with Crippen molar-refractivity contribution in [3.05, 3.63) is 40.8 Å². The van der Waals surface area contributed by atoms with Crippen molar-refractivity contribution in [2.24, 2.45) is 5.92 Å². The van der Waals surface area contributed by atoms with Crippen LogP contribution in [-0.2, 0) is 16.0 Å². The van der Waals surface area contributed by atoms with Gasteiger partial charge in [-0.3, -0.25) is 9.59 Å². The van der Waals surface area contributed by atoms with Gasteiger partial charge in [0, 0.05) is 29.9 Å². The molecule has 2 amide bonds. The molecule has 0 unspecified atom stereocenters. The number of hydrogen-bond acceptors (Lipinski definition) is 4. The number of rotatable bonds is 5. The lowest BCUT2D eigenvalue weighted by Gasteiger charge is -2.30. The summed E-state index contributed by atoms with van der Waals surface area (Å²) < 4.78 is 5.18. The highest BCUT2D eigenvalue weighted by molar-refractivity contribution is 5.99. The van der Waals surface area contributed by atoms with E-state index >= 15 is 0 Å². The van der Waals surface area contributed by atoms with E-state index in [1.165, 1.54) is 12.8 Å². The van der Waals surface area contributed by atoms with Crippen LogP contribution in [-0.4, -0.2) is 23.5 Å². The number of carbonyl (C=O) groups excluding carboxylic acids is 2. The zero-order chi connectivity index (χ0) is 19.1. The summed E-state index contributed by atoms with van der Waals surface area (Å²) >= 11 is 0. The van der Waals surface area contributed by atoms with Crippen molar-refractivity contribution in [3.8, 4) is 0 Å². The number of benzene rings is 1. The second-order valence-corrected chi connectivity index (χ2v) is 7.74. The Bertz CT molecular complexity index is 879. The van der Waals surface area contributed by atoms with Gasteiger partial charge in [-0.1, -0.05) is 5.16 Å². The molecule has 1 aromatic heterocycles. The van der Waals surface area contributed by atoms with Crippen LogP contribution < -0.4 is 10.2 Å². The molecule has 1 fully saturated rings. The maximum absolute atomic E-state index is 12.7. The molecule has 0 saturated heterocycles. The van der Waals surface area contributed by atoms with E-state index in [0.29, 0.717) is 18.1 Å². The van der Waals surface area contributed by atoms with Gasteiger partial charge in [-0.05, 0) is 69.7 Å². The van der Waals surface area contributed by atoms with E-state index in [0.717, 1.165) is 41.2 Å². The number of nitrogens with zero attached hydrogens (tertiary/aromatic N) is 2. The first kappa shape index (κ1) is 17.8. The van der Waals surface area contributed by atoms with Crippen molar-refractivity contribution in [2.75, 3.05) is 16.8 Å². The van der Waals surface area contributed by atoms with Gasteiger partial charge in [0.15, 0.2) is 0 Å². The van der Waals surface area contributed by atoms with Crippen LogP contribution in [0.25, 0.3) is 0 Å². The van der Waals surface area contributed by atoms with Gasteiger partial charge in [0.05, 0.1) is 11.6 Å². The number of hydrogen-bond donors (Lipinski definition) is 1. The van der Waals surface area contributed by atoms with E-state index in [1.54, 1.807) is 0 Å². The topological polar surface area (TPSA) is 75.4 Å². The molecule has 2 aromatic rings. The van der Waals surface area contributed by atoms with Crippen molar-refractivity contribution in [2.45, 2.75) is 52.4 Å². The van der Waals surface area contributed by atoms with Crippen LogP contribution >= 0.6 is 0 Å². The maximum Gasteiger partial charge on any atom is 0.231 e. The molecule has 4 rings (SSSR count). The number of fused-ring (bicyclic) bond motifs is 1. The average molecular weight is 367 g/mol. The number of anilines is 2. The smallest absolute Gasteiger partial charge is 0.231 e. The summed E-state index contributed by atoms with van der Waals surface area (Å²) in [6.07, 6.45) is 3.69. The monoisotopic (exact) mass is 367 g/mol. The molecule has 27 heavy (non-hydrogen) atoms. The SMILES string of the molecule is Cc1noc(C)c1[C@@H](C)C(=O)Nc1ccc2c(c1)CCC(=O)N2CC1CC1. The van der Waals surface area contributed by atoms with Crippen LogP contribution in [0.5, 0.6) is 0 Å². The second-order valence-electron chi connectivity index (χ2n) is 7.74. The van der Waals surface area contributed by atoms with Gasteiger partial charge in [0.2, 0.25) is 11.8 Å². The van der Waals surface area contributed by atoms with E-state index in [1.807, 2.05) is 43.9 Å². The molecule has 6 nitrogen and oxygen atoms in total. The zero-order valence-corrected chi connectivity index (χ0v) is 16.0. The number of aromatic nitrogens is 1. The molecule has 1 aliphatic carbocycles. The predicted molar refractivity (Wildman–Crippen MR) is 103 cm³/mol. The molecule has 1 aromatic carbocycles. The van der Waals surface area contributed by atoms with E-state index in [-0.39, 0.29) is 17.7 Å². The standard InChI is InChI=1S/C21H25N3O3/c1-12(20-13(2)23-27-14(20)3)21(26)22-17-7-8-18-16(10-17)6-9-19(25)24(18)11-15-4-5-15/h7-8,10,12,15H,4-6,9,11H2,1-3H3,(H,22,26)/t12-/m1/s1. The first-order valence-electron chi connectivity index (χ1n) is 9.61. The molecule has 1 aliphatic heterocycles. The lowest BCUT2D eigenvalue weighted by atomic mass is 9.97. The Kier molecular flexibility index (Phi) is 4.50. The fourth-order valence-electron chi connectivity index (χ4n) is 3.89. The molecule has 2 aliphatic rings. The third kappa shape index (κ3) is 3.48. The van der Waals surface area contributed by atoms with Gasteiger partial charge in [-0.25, -0.2) is 0 Å². The number of aryl methyl sites for hydroxylation is 3. The first-order valence-corrected chi connectivity index (χ1v) is 9.61. The van der Waals surface area contributed by atoms with Crippen LogP contribution in [0.4, 0.5) is 11.4 Å². The minimum Gasteiger partial charge on any atom is -0.361 e. The van der Waals surface area contributed by atoms with Gasteiger partial charge in [-0.2, -0.15) is 0 Å². The second kappa shape index (κ2) is 6.83. The van der Waals surface area contributed by atoms with E-state index in [2.05, 4.69) is 10.5 Å². The highest BCUT2D eigenvalue weighted by Gasteiger charge is 2.31. The van der Waals surface area contributed by atoms with Crippen molar-refractivity contribution in [3.63, 3.8) is 0 Å². The van der Waals surface area contributed by atoms with E-state index in [4.69, 9.17) is 4.52 Å². The maximum atomic E-state index is 12.7. The summed E-state index contributed by atoms with van der Waals surface area (Å²) in [5, 5.41) is 6.94. The van der Waals surface area contributed by atoms with Crippen molar-refractivity contribution in [1.29, 1.82) is 0 Å². The van der Waals surface area contributed by atoms with Crippen LogP contribution in [0, 0.1) is 19.8 Å². The normalized spacial score (nSPS) is 17.6. The molecule has 2 heterocycles. The van der Waals surface area contributed by atoms with Gasteiger partial charge < -0.3 is 14.7 Å². The Morgan fingerprint density at radius 1 is 1.33 bits per heavy atom. The predicted octanol–water partition coefficient (Wildman–Crippen LogP) is 3.72. The highest BCUT2D eigenvalue weighted by atomic mass is 16.5. The molecular weight excluding hydrogens is 342 g/mol. The summed E-state index contributed by atoms with van der Waals surface area (Å²) in [6, 6.07) is 5.85. The number of carbonyl (C=O) groups is 2. The molecule has 1 N–H and O–H groups in total. The van der Waals surface area contributed by atoms with Crippen molar-refractivity contribution in [1.82, 2.24) is 5.16 Å². The van der Waals surface area contributed by atoms with Gasteiger partial charge in [-0.15, -0.1) is 0 Å². The number of amides is 2. The molecule has 0 radical (unpaired) electrons. The van der Waals surface area contributed by atoms with E-state index in [9.17, 15) is 9.59 Å². The minimum atomic E-state index is -0.347. The Hall–Kier alpha value is -2.63. The fraction of sp³-hybridized carbons (Fsp3) is 0.476. The number of nitrogens with one attached hydrogen (secondary N) is 1. The summed E-state index contributed by atoms with van der Waals surface area (Å²) in [4.78, 5) is 26.9. The van der Waals surface area contributed by atoms with Gasteiger partial charge >= 0.3 is 0 Å². The van der Waals surface area contributed by atoms with Crippen molar-refractivity contribution < 1.29 is 14.1 Å². The van der Waals surface area contributed by atoms with Crippen molar-refractivity contribution >= 4 is 23.2 Å². The van der Waals surface area contributed by atoms with Gasteiger partial charge in [0.1, 0.15) is 5.76 Å². The molecule has 1 atom stereocenters. The fourth-order valence-corrected chi connectivity index (χ4v) is 3.89. The molecule has 0 spiro atoms. The van der Waals surface area contributed by atoms with Gasteiger partial charge in [0.25, 0.3) is 0 Å². The largest absolute Gasteiger partial charge is 0.361 e. The Balaban J connectivity index is 1.52. The van der Waals surface area contributed by atoms with Crippen LogP contribution in [0.1, 0.15) is 54.7 Å². The molecular formula is C21H25N3O3. The first-order chi connectivity index (χ1) is 12.9. The van der Waals surface area contributed by atoms with E-state index < -0.39 is 0 Å². The highest BCUT2D eigenvalue weighted by Crippen LogP contribution is 2.36. The third-order valence-electron chi connectivity index (χ3n) is 5.60. The quantitative estimate of drug-likeness (QED) is 0.874. The third-order valence-corrected chi connectivity index (χ3v) is 5.60. The minimum absolute atomic E-state index is 0.0916. The summed E-state index contributed by atoms with van der Waals surface area (Å²) in [5.74, 6) is 1.09. The summed E-state index contributed by atoms with van der Waals surface area (Å²) in [5.41, 5.74) is 4.47. The molecule has 142 valence electrons. The average Bonchev–Trinajstić information content (AvgIpc) is 3.40. The van der Waals surface area contributed by atoms with Crippen LogP contribution in [0.15, 0.2) is 22.7 Å². The van der Waals surface area contributed by atoms with Crippen LogP contribution in [0.2, 0.25) is 0 Å². The lowest BCUT2D eigenvalue weighted by Crippen LogP contribution is -2.36. The molecule has 6 heteroatoms.